The van der Waals surface area contributed by atoms with Crippen molar-refractivity contribution in [2.45, 2.75) is 77.6 Å². The third kappa shape index (κ3) is 7.64. The number of halogens is 1. The number of hydrogen-bond acceptors (Lipinski definition) is 1. The molecular weight excluding hydrogens is 328 g/mol. The number of benzene rings is 1. The molecule has 1 aromatic rings. The number of aryl methyl sites for hydroxylation is 1. The van der Waals surface area contributed by atoms with Crippen LogP contribution in [-0.4, -0.2) is 5.84 Å². The number of nitrogens with one attached hydrogen (secondary N) is 1. The minimum absolute atomic E-state index is 0. The SMILES string of the molecule is CCCCCCCCCCc1ccc(/C=C/C2(C(=N)N)CC2)cc1.Cl. The Morgan fingerprint density at radius 1 is 1.00 bits per heavy atom. The minimum Gasteiger partial charge on any atom is -0.387 e. The zero-order valence-electron chi connectivity index (χ0n) is 15.7. The van der Waals surface area contributed by atoms with Gasteiger partial charge >= 0.3 is 0 Å². The lowest BCUT2D eigenvalue weighted by Gasteiger charge is -2.06. The van der Waals surface area contributed by atoms with E-state index < -0.39 is 0 Å². The lowest BCUT2D eigenvalue weighted by atomic mass is 10.0. The van der Waals surface area contributed by atoms with Gasteiger partial charge in [-0.1, -0.05) is 88.3 Å². The molecule has 0 amide bonds. The van der Waals surface area contributed by atoms with E-state index in [4.69, 9.17) is 11.1 Å². The van der Waals surface area contributed by atoms with Crippen molar-refractivity contribution in [1.82, 2.24) is 0 Å². The van der Waals surface area contributed by atoms with E-state index in [1.54, 1.807) is 0 Å². The molecule has 1 fully saturated rings. The first kappa shape index (κ1) is 21.8. The quantitative estimate of drug-likeness (QED) is 0.248. The number of nitrogens with two attached hydrogens (primary N) is 1. The van der Waals surface area contributed by atoms with Crippen LogP contribution in [-0.2, 0) is 6.42 Å². The van der Waals surface area contributed by atoms with Crippen LogP contribution in [0.15, 0.2) is 30.3 Å². The van der Waals surface area contributed by atoms with Crippen LogP contribution in [0.4, 0.5) is 0 Å². The van der Waals surface area contributed by atoms with Gasteiger partial charge in [-0.15, -0.1) is 12.4 Å². The van der Waals surface area contributed by atoms with Crippen LogP contribution in [0.25, 0.3) is 6.08 Å². The van der Waals surface area contributed by atoms with Crippen molar-refractivity contribution in [3.63, 3.8) is 0 Å². The predicted octanol–water partition coefficient (Wildman–Crippen LogP) is 6.52. The molecule has 1 aliphatic rings. The Morgan fingerprint density at radius 3 is 2.08 bits per heavy atom. The average Bonchev–Trinajstić information content (AvgIpc) is 3.38. The second-order valence-corrected chi connectivity index (χ2v) is 7.37. The molecular formula is C22H35ClN2. The molecule has 0 aliphatic heterocycles. The van der Waals surface area contributed by atoms with Crippen molar-refractivity contribution in [1.29, 1.82) is 5.41 Å². The highest BCUT2D eigenvalue weighted by atomic mass is 35.5. The third-order valence-electron chi connectivity index (χ3n) is 5.22. The Hall–Kier alpha value is -1.28. The van der Waals surface area contributed by atoms with Crippen LogP contribution in [0.2, 0.25) is 0 Å². The largest absolute Gasteiger partial charge is 0.387 e. The van der Waals surface area contributed by atoms with Gasteiger partial charge in [-0.25, -0.2) is 0 Å². The number of unbranched alkanes of at least 4 members (excludes halogenated alkanes) is 7. The summed E-state index contributed by atoms with van der Waals surface area (Å²) in [7, 11) is 0. The zero-order valence-corrected chi connectivity index (χ0v) is 16.5. The van der Waals surface area contributed by atoms with Gasteiger partial charge < -0.3 is 5.73 Å². The Balaban J connectivity index is 0.00000312. The predicted molar refractivity (Wildman–Crippen MR) is 113 cm³/mol. The highest BCUT2D eigenvalue weighted by Crippen LogP contribution is 2.47. The van der Waals surface area contributed by atoms with Crippen molar-refractivity contribution in [3.05, 3.63) is 41.5 Å². The Morgan fingerprint density at radius 2 is 1.56 bits per heavy atom. The van der Waals surface area contributed by atoms with Gasteiger partial charge in [-0.05, 0) is 36.8 Å². The summed E-state index contributed by atoms with van der Waals surface area (Å²) in [5.41, 5.74) is 8.18. The fourth-order valence-corrected chi connectivity index (χ4v) is 3.17. The van der Waals surface area contributed by atoms with Crippen LogP contribution in [0.3, 0.4) is 0 Å². The third-order valence-corrected chi connectivity index (χ3v) is 5.22. The average molecular weight is 363 g/mol. The first-order valence-corrected chi connectivity index (χ1v) is 9.79. The van der Waals surface area contributed by atoms with Crippen molar-refractivity contribution < 1.29 is 0 Å². The molecule has 0 radical (unpaired) electrons. The monoisotopic (exact) mass is 362 g/mol. The van der Waals surface area contributed by atoms with Crippen LogP contribution in [0, 0.1) is 10.8 Å². The van der Waals surface area contributed by atoms with Crippen LogP contribution >= 0.6 is 12.4 Å². The molecule has 2 rings (SSSR count). The van der Waals surface area contributed by atoms with Crippen LogP contribution in [0.1, 0.15) is 82.3 Å². The number of rotatable bonds is 12. The van der Waals surface area contributed by atoms with E-state index in [0.717, 1.165) is 12.8 Å². The second-order valence-electron chi connectivity index (χ2n) is 7.37. The molecule has 2 nitrogen and oxygen atoms in total. The van der Waals surface area contributed by atoms with Crippen molar-refractivity contribution in [2.24, 2.45) is 11.1 Å². The van der Waals surface area contributed by atoms with E-state index in [-0.39, 0.29) is 17.8 Å². The minimum atomic E-state index is -0.129. The standard InChI is InChI=1S/C22H34N2.ClH/c1-2-3-4-5-6-7-8-9-10-19-11-13-20(14-12-19)15-16-22(17-18-22)21(23)24;/h11-16H,2-10,17-18H2,1H3,(H3,23,24);1H/b16-15+;. The van der Waals surface area contributed by atoms with Crippen LogP contribution in [0.5, 0.6) is 0 Å². The Kier molecular flexibility index (Phi) is 9.89. The van der Waals surface area contributed by atoms with Crippen LogP contribution < -0.4 is 5.73 Å². The van der Waals surface area contributed by atoms with E-state index in [9.17, 15) is 0 Å². The van der Waals surface area contributed by atoms with Gasteiger partial charge in [0.25, 0.3) is 0 Å². The smallest absolute Gasteiger partial charge is 0.101 e. The van der Waals surface area contributed by atoms with Crippen molar-refractivity contribution >= 4 is 24.3 Å². The molecule has 0 heterocycles. The highest BCUT2D eigenvalue weighted by molar-refractivity contribution is 5.89. The first-order chi connectivity index (χ1) is 11.7. The molecule has 140 valence electrons. The summed E-state index contributed by atoms with van der Waals surface area (Å²) in [5, 5.41) is 7.64. The van der Waals surface area contributed by atoms with E-state index in [2.05, 4.69) is 43.3 Å². The topological polar surface area (TPSA) is 49.9 Å². The Labute approximate surface area is 160 Å². The molecule has 1 aliphatic carbocycles. The first-order valence-electron chi connectivity index (χ1n) is 9.79. The molecule has 0 spiro atoms. The summed E-state index contributed by atoms with van der Waals surface area (Å²) >= 11 is 0. The molecule has 1 saturated carbocycles. The van der Waals surface area contributed by atoms with Crippen molar-refractivity contribution in [2.75, 3.05) is 0 Å². The van der Waals surface area contributed by atoms with Gasteiger partial charge in [0.2, 0.25) is 0 Å². The molecule has 0 atom stereocenters. The molecule has 0 bridgehead atoms. The maximum atomic E-state index is 7.64. The van der Waals surface area contributed by atoms with Crippen molar-refractivity contribution in [3.8, 4) is 0 Å². The maximum Gasteiger partial charge on any atom is 0.101 e. The maximum absolute atomic E-state index is 7.64. The van der Waals surface area contributed by atoms with Gasteiger partial charge in [0.05, 0.1) is 0 Å². The van der Waals surface area contributed by atoms with Gasteiger partial charge in [0.15, 0.2) is 0 Å². The molecule has 1 aromatic carbocycles. The number of hydrogen-bond donors (Lipinski definition) is 2. The molecule has 0 unspecified atom stereocenters. The van der Waals surface area contributed by atoms with E-state index in [1.807, 2.05) is 0 Å². The normalized spacial score (nSPS) is 15.1. The molecule has 0 saturated heterocycles. The van der Waals surface area contributed by atoms with Gasteiger partial charge in [-0.3, -0.25) is 5.41 Å². The number of amidine groups is 1. The lowest BCUT2D eigenvalue weighted by molar-refractivity contribution is 0.575. The lowest BCUT2D eigenvalue weighted by Crippen LogP contribution is -2.21. The summed E-state index contributed by atoms with van der Waals surface area (Å²) in [6.07, 6.45) is 18.5. The molecule has 0 aromatic heterocycles. The van der Waals surface area contributed by atoms with Gasteiger partial charge in [0.1, 0.15) is 5.84 Å². The second kappa shape index (κ2) is 11.4. The van der Waals surface area contributed by atoms with E-state index in [1.165, 1.54) is 68.9 Å². The fourth-order valence-electron chi connectivity index (χ4n) is 3.17. The Bertz CT molecular complexity index is 529. The van der Waals surface area contributed by atoms with Gasteiger partial charge in [0, 0.05) is 5.41 Å². The zero-order chi connectivity index (χ0) is 17.3. The molecule has 3 N–H and O–H groups in total. The summed E-state index contributed by atoms with van der Waals surface area (Å²) < 4.78 is 0. The summed E-state index contributed by atoms with van der Waals surface area (Å²) in [6.45, 7) is 2.27. The fraction of sp³-hybridized carbons (Fsp3) is 0.591. The summed E-state index contributed by atoms with van der Waals surface area (Å²) in [4.78, 5) is 0. The van der Waals surface area contributed by atoms with E-state index >= 15 is 0 Å². The summed E-state index contributed by atoms with van der Waals surface area (Å²) in [5.74, 6) is 0.310. The summed E-state index contributed by atoms with van der Waals surface area (Å²) in [6, 6.07) is 8.86. The highest BCUT2D eigenvalue weighted by Gasteiger charge is 2.43. The van der Waals surface area contributed by atoms with E-state index in [0.29, 0.717) is 5.84 Å². The molecule has 3 heteroatoms. The van der Waals surface area contributed by atoms with Gasteiger partial charge in [-0.2, -0.15) is 0 Å². The molecule has 25 heavy (non-hydrogen) atoms.